The number of hydrogen-bond acceptors (Lipinski definition) is 3. The number of para-hydroxylation sites is 1. The van der Waals surface area contributed by atoms with Crippen molar-refractivity contribution in [2.45, 2.75) is 31.6 Å². The van der Waals surface area contributed by atoms with Crippen LogP contribution in [0.1, 0.15) is 26.7 Å². The summed E-state index contributed by atoms with van der Waals surface area (Å²) in [5.41, 5.74) is 0.831. The Morgan fingerprint density at radius 2 is 1.84 bits per heavy atom. The number of unbranched alkanes of at least 4 members (excludes halogenated alkanes) is 1. The fraction of sp³-hybridized carbons (Fsp3) is 0.571. The van der Waals surface area contributed by atoms with Crippen molar-refractivity contribution < 1.29 is 8.42 Å². The molecule has 0 fully saturated rings. The Labute approximate surface area is 125 Å². The highest BCUT2D eigenvalue weighted by molar-refractivity contribution is 9.09. The van der Waals surface area contributed by atoms with Crippen LogP contribution in [-0.4, -0.2) is 32.6 Å². The Morgan fingerprint density at radius 1 is 1.16 bits per heavy atom. The molecule has 19 heavy (non-hydrogen) atoms. The zero-order valence-electron chi connectivity index (χ0n) is 11.6. The van der Waals surface area contributed by atoms with E-state index >= 15 is 0 Å². The van der Waals surface area contributed by atoms with Crippen LogP contribution in [0.5, 0.6) is 0 Å². The summed E-state index contributed by atoms with van der Waals surface area (Å²) in [6.45, 7) is 5.53. The fourth-order valence-corrected chi connectivity index (χ4v) is 3.48. The molecule has 0 heterocycles. The second-order valence-electron chi connectivity index (χ2n) is 4.40. The highest BCUT2D eigenvalue weighted by atomic mass is 79.9. The Hall–Kier alpha value is -0.550. The number of nitrogens with zero attached hydrogens (tertiary/aromatic N) is 1. The molecule has 0 saturated carbocycles. The molecule has 0 aromatic heterocycles. The summed E-state index contributed by atoms with van der Waals surface area (Å²) in [6.07, 6.45) is 2.16. The minimum absolute atomic E-state index is 0.139. The molecule has 1 rings (SSSR count). The minimum atomic E-state index is -3.17. The van der Waals surface area contributed by atoms with Gasteiger partial charge in [0.1, 0.15) is 0 Å². The molecule has 5 heteroatoms. The van der Waals surface area contributed by atoms with Gasteiger partial charge in [0, 0.05) is 18.4 Å². The lowest BCUT2D eigenvalue weighted by atomic mass is 10.2. The van der Waals surface area contributed by atoms with Gasteiger partial charge in [-0.1, -0.05) is 48.3 Å². The van der Waals surface area contributed by atoms with E-state index < -0.39 is 9.84 Å². The third-order valence-electron chi connectivity index (χ3n) is 3.06. The third kappa shape index (κ3) is 4.49. The summed E-state index contributed by atoms with van der Waals surface area (Å²) in [7, 11) is -3.17. The van der Waals surface area contributed by atoms with Crippen LogP contribution in [0.3, 0.4) is 0 Å². The smallest absolute Gasteiger partial charge is 0.180 e. The summed E-state index contributed by atoms with van der Waals surface area (Å²) < 4.78 is 24.3. The molecule has 0 saturated heterocycles. The van der Waals surface area contributed by atoms with E-state index in [1.807, 2.05) is 12.1 Å². The van der Waals surface area contributed by atoms with E-state index in [1.54, 1.807) is 19.1 Å². The Balaban J connectivity index is 3.15. The molecule has 0 N–H and O–H groups in total. The molecule has 3 nitrogen and oxygen atoms in total. The zero-order chi connectivity index (χ0) is 14.3. The van der Waals surface area contributed by atoms with Crippen molar-refractivity contribution in [1.82, 2.24) is 0 Å². The van der Waals surface area contributed by atoms with Crippen LogP contribution in [0, 0.1) is 0 Å². The van der Waals surface area contributed by atoms with Gasteiger partial charge in [-0.25, -0.2) is 8.42 Å². The van der Waals surface area contributed by atoms with Gasteiger partial charge < -0.3 is 4.90 Å². The van der Waals surface area contributed by atoms with Crippen molar-refractivity contribution in [3.05, 3.63) is 24.3 Å². The van der Waals surface area contributed by atoms with E-state index in [4.69, 9.17) is 0 Å². The summed E-state index contributed by atoms with van der Waals surface area (Å²) >= 11 is 3.44. The summed E-state index contributed by atoms with van der Waals surface area (Å²) in [4.78, 5) is 2.61. The van der Waals surface area contributed by atoms with Crippen molar-refractivity contribution in [3.8, 4) is 0 Å². The molecule has 0 unspecified atom stereocenters. The van der Waals surface area contributed by atoms with Crippen molar-refractivity contribution in [3.63, 3.8) is 0 Å². The highest BCUT2D eigenvalue weighted by Gasteiger charge is 2.19. The first-order valence-electron chi connectivity index (χ1n) is 6.69. The van der Waals surface area contributed by atoms with Gasteiger partial charge in [-0.3, -0.25) is 0 Å². The molecule has 0 bridgehead atoms. The second-order valence-corrected chi connectivity index (χ2v) is 7.44. The van der Waals surface area contributed by atoms with Gasteiger partial charge in [0.05, 0.1) is 16.3 Å². The van der Waals surface area contributed by atoms with E-state index in [-0.39, 0.29) is 5.75 Å². The number of benzene rings is 1. The van der Waals surface area contributed by atoms with Gasteiger partial charge in [-0.2, -0.15) is 0 Å². The van der Waals surface area contributed by atoms with Gasteiger partial charge in [-0.05, 0) is 18.6 Å². The number of alkyl halides is 1. The maximum absolute atomic E-state index is 12.2. The zero-order valence-corrected chi connectivity index (χ0v) is 14.0. The predicted octanol–water partition coefficient (Wildman–Crippen LogP) is 3.48. The molecule has 0 spiro atoms. The number of halogens is 1. The maximum Gasteiger partial charge on any atom is 0.180 e. The van der Waals surface area contributed by atoms with Gasteiger partial charge >= 0.3 is 0 Å². The predicted molar refractivity (Wildman–Crippen MR) is 85.1 cm³/mol. The monoisotopic (exact) mass is 347 g/mol. The summed E-state index contributed by atoms with van der Waals surface area (Å²) in [5.74, 6) is 0.139. The van der Waals surface area contributed by atoms with Crippen LogP contribution in [0.4, 0.5) is 5.69 Å². The molecule has 0 aliphatic carbocycles. The van der Waals surface area contributed by atoms with Crippen molar-refractivity contribution in [1.29, 1.82) is 0 Å². The topological polar surface area (TPSA) is 37.4 Å². The van der Waals surface area contributed by atoms with Crippen molar-refractivity contribution in [2.75, 3.05) is 29.1 Å². The Morgan fingerprint density at radius 3 is 2.42 bits per heavy atom. The molecule has 0 aliphatic heterocycles. The van der Waals surface area contributed by atoms with E-state index in [0.29, 0.717) is 4.90 Å². The highest BCUT2D eigenvalue weighted by Crippen LogP contribution is 2.26. The van der Waals surface area contributed by atoms with Crippen molar-refractivity contribution in [2.24, 2.45) is 0 Å². The maximum atomic E-state index is 12.2. The lowest BCUT2D eigenvalue weighted by molar-refractivity contribution is 0.596. The van der Waals surface area contributed by atoms with Gasteiger partial charge in [-0.15, -0.1) is 0 Å². The van der Waals surface area contributed by atoms with Crippen LogP contribution >= 0.6 is 15.9 Å². The SMILES string of the molecule is CCCCN(CCBr)c1ccccc1S(=O)(=O)CC. The first-order valence-corrected chi connectivity index (χ1v) is 9.46. The van der Waals surface area contributed by atoms with E-state index in [2.05, 4.69) is 27.8 Å². The van der Waals surface area contributed by atoms with Crippen LogP contribution in [0.2, 0.25) is 0 Å². The molecule has 0 aliphatic rings. The Bertz CT molecular complexity index is 488. The standard InChI is InChI=1S/C14H22BrNO2S/c1-3-5-11-16(12-10-15)13-8-6-7-9-14(13)19(17,18)4-2/h6-9H,3-5,10-12H2,1-2H3. The van der Waals surface area contributed by atoms with Crippen LogP contribution < -0.4 is 4.90 Å². The van der Waals surface area contributed by atoms with Crippen LogP contribution in [0.15, 0.2) is 29.2 Å². The average molecular weight is 348 g/mol. The molecule has 0 atom stereocenters. The van der Waals surface area contributed by atoms with Gasteiger partial charge in [0.2, 0.25) is 0 Å². The average Bonchev–Trinajstić information content (AvgIpc) is 2.43. The second kappa shape index (κ2) is 7.90. The summed E-state index contributed by atoms with van der Waals surface area (Å²) in [6, 6.07) is 7.30. The van der Waals surface area contributed by atoms with Crippen molar-refractivity contribution >= 4 is 31.5 Å². The van der Waals surface area contributed by atoms with E-state index in [1.165, 1.54) is 0 Å². The molecule has 0 radical (unpaired) electrons. The van der Waals surface area contributed by atoms with E-state index in [0.717, 1.165) is 36.9 Å². The number of rotatable bonds is 8. The minimum Gasteiger partial charge on any atom is -0.370 e. The lowest BCUT2D eigenvalue weighted by Gasteiger charge is -2.26. The number of hydrogen-bond donors (Lipinski definition) is 0. The van der Waals surface area contributed by atoms with Crippen LogP contribution in [0.25, 0.3) is 0 Å². The Kier molecular flexibility index (Phi) is 6.86. The third-order valence-corrected chi connectivity index (χ3v) is 5.19. The normalized spacial score (nSPS) is 11.5. The molecule has 108 valence electrons. The van der Waals surface area contributed by atoms with Gasteiger partial charge in [0.15, 0.2) is 9.84 Å². The van der Waals surface area contributed by atoms with E-state index in [9.17, 15) is 8.42 Å². The molecule has 1 aromatic rings. The summed E-state index contributed by atoms with van der Waals surface area (Å²) in [5, 5.41) is 0.831. The first kappa shape index (κ1) is 16.5. The number of sulfone groups is 1. The van der Waals surface area contributed by atoms with Gasteiger partial charge in [0.25, 0.3) is 0 Å². The number of anilines is 1. The largest absolute Gasteiger partial charge is 0.370 e. The molecule has 0 amide bonds. The molecular weight excluding hydrogens is 326 g/mol. The fourth-order valence-electron chi connectivity index (χ4n) is 1.94. The lowest BCUT2D eigenvalue weighted by Crippen LogP contribution is -2.28. The molecular formula is C14H22BrNO2S. The molecule has 1 aromatic carbocycles. The first-order chi connectivity index (χ1) is 9.06. The quantitative estimate of drug-likeness (QED) is 0.675. The van der Waals surface area contributed by atoms with Crippen LogP contribution in [-0.2, 0) is 9.84 Å².